The molecule has 100 valence electrons. The lowest BCUT2D eigenvalue weighted by Crippen LogP contribution is -2.41. The fraction of sp³-hybridized carbons (Fsp3) is 0.455. The lowest BCUT2D eigenvalue weighted by molar-refractivity contribution is -0.139. The minimum Gasteiger partial charge on any atom is -0.480 e. The molecular formula is C11H13Cl2NO3S. The summed E-state index contributed by atoms with van der Waals surface area (Å²) in [5, 5.41) is 11.5. The lowest BCUT2D eigenvalue weighted by Gasteiger charge is -2.16. The van der Waals surface area contributed by atoms with Crippen molar-refractivity contribution in [2.45, 2.75) is 26.3 Å². The van der Waals surface area contributed by atoms with Crippen molar-refractivity contribution >= 4 is 46.4 Å². The normalized spacial score (nSPS) is 12.5. The van der Waals surface area contributed by atoms with E-state index in [1.807, 2.05) is 13.8 Å². The summed E-state index contributed by atoms with van der Waals surface area (Å²) in [4.78, 5) is 22.9. The zero-order valence-electron chi connectivity index (χ0n) is 9.87. The monoisotopic (exact) mass is 309 g/mol. The Balaban J connectivity index is 2.78. The van der Waals surface area contributed by atoms with E-state index in [1.165, 1.54) is 6.07 Å². The van der Waals surface area contributed by atoms with Gasteiger partial charge in [0.2, 0.25) is 0 Å². The van der Waals surface area contributed by atoms with Crippen LogP contribution >= 0.6 is 34.5 Å². The summed E-state index contributed by atoms with van der Waals surface area (Å²) in [7, 11) is 0. The van der Waals surface area contributed by atoms with Crippen LogP contribution in [0.15, 0.2) is 6.07 Å². The van der Waals surface area contributed by atoms with Crippen molar-refractivity contribution in [1.29, 1.82) is 0 Å². The van der Waals surface area contributed by atoms with Gasteiger partial charge in [0.05, 0.1) is 9.90 Å². The van der Waals surface area contributed by atoms with Crippen LogP contribution in [0.25, 0.3) is 0 Å². The molecule has 1 amide bonds. The van der Waals surface area contributed by atoms with Gasteiger partial charge in [0, 0.05) is 0 Å². The van der Waals surface area contributed by atoms with Crippen LogP contribution in [0.3, 0.4) is 0 Å². The van der Waals surface area contributed by atoms with E-state index in [0.717, 1.165) is 11.3 Å². The molecule has 0 unspecified atom stereocenters. The van der Waals surface area contributed by atoms with Crippen molar-refractivity contribution in [2.24, 2.45) is 5.92 Å². The summed E-state index contributed by atoms with van der Waals surface area (Å²) < 4.78 is 0.645. The molecular weight excluding hydrogens is 297 g/mol. The van der Waals surface area contributed by atoms with Gasteiger partial charge in [-0.2, -0.15) is 0 Å². The standard InChI is InChI=1S/C11H13Cl2NO3S/c1-5(2)3-7(11(16)17)14-10(15)6-4-8(12)18-9(6)13/h4-5,7H,3H2,1-2H3,(H,14,15)(H,16,17)/t7-/m0/s1. The summed E-state index contributed by atoms with van der Waals surface area (Å²) in [6, 6.07) is 0.505. The van der Waals surface area contributed by atoms with Crippen LogP contribution in [-0.4, -0.2) is 23.0 Å². The van der Waals surface area contributed by atoms with Crippen LogP contribution in [0.5, 0.6) is 0 Å². The molecule has 0 saturated heterocycles. The second kappa shape index (κ2) is 6.41. The first kappa shape index (κ1) is 15.3. The average molecular weight is 310 g/mol. The largest absolute Gasteiger partial charge is 0.480 e. The van der Waals surface area contributed by atoms with Crippen molar-refractivity contribution in [1.82, 2.24) is 5.32 Å². The molecule has 1 atom stereocenters. The zero-order chi connectivity index (χ0) is 13.9. The van der Waals surface area contributed by atoms with Crippen LogP contribution in [0, 0.1) is 5.92 Å². The van der Waals surface area contributed by atoms with Gasteiger partial charge in [0.25, 0.3) is 5.91 Å². The maximum atomic E-state index is 11.9. The quantitative estimate of drug-likeness (QED) is 0.877. The Kier molecular flexibility index (Phi) is 5.44. The van der Waals surface area contributed by atoms with Gasteiger partial charge >= 0.3 is 5.97 Å². The van der Waals surface area contributed by atoms with E-state index < -0.39 is 17.9 Å². The van der Waals surface area contributed by atoms with E-state index >= 15 is 0 Å². The summed E-state index contributed by atoms with van der Waals surface area (Å²) in [6.07, 6.45) is 0.358. The van der Waals surface area contributed by atoms with Gasteiger partial charge < -0.3 is 10.4 Å². The van der Waals surface area contributed by atoms with E-state index in [-0.39, 0.29) is 15.8 Å². The Morgan fingerprint density at radius 3 is 2.44 bits per heavy atom. The Morgan fingerprint density at radius 2 is 2.06 bits per heavy atom. The number of aliphatic carboxylic acids is 1. The van der Waals surface area contributed by atoms with Crippen LogP contribution < -0.4 is 5.32 Å². The Labute approximate surface area is 119 Å². The van der Waals surface area contributed by atoms with Crippen LogP contribution in [0.2, 0.25) is 8.67 Å². The maximum absolute atomic E-state index is 11.9. The predicted molar refractivity (Wildman–Crippen MR) is 72.7 cm³/mol. The topological polar surface area (TPSA) is 66.4 Å². The highest BCUT2D eigenvalue weighted by atomic mass is 35.5. The molecule has 7 heteroatoms. The molecule has 18 heavy (non-hydrogen) atoms. The molecule has 0 saturated carbocycles. The molecule has 1 aromatic rings. The molecule has 0 spiro atoms. The molecule has 0 fully saturated rings. The minimum absolute atomic E-state index is 0.160. The second-order valence-corrected chi connectivity index (χ2v) is 6.52. The van der Waals surface area contributed by atoms with Gasteiger partial charge in [-0.3, -0.25) is 4.79 Å². The lowest BCUT2D eigenvalue weighted by atomic mass is 10.0. The van der Waals surface area contributed by atoms with E-state index in [0.29, 0.717) is 10.8 Å². The number of carbonyl (C=O) groups is 2. The number of carboxylic acid groups (broad SMARTS) is 1. The smallest absolute Gasteiger partial charge is 0.326 e. The summed E-state index contributed by atoms with van der Waals surface area (Å²) in [5.41, 5.74) is 0.210. The van der Waals surface area contributed by atoms with Gasteiger partial charge in [-0.05, 0) is 18.4 Å². The molecule has 0 bridgehead atoms. The van der Waals surface area contributed by atoms with Crippen molar-refractivity contribution in [2.75, 3.05) is 0 Å². The van der Waals surface area contributed by atoms with Crippen LogP contribution in [-0.2, 0) is 4.79 Å². The molecule has 2 N–H and O–H groups in total. The molecule has 1 heterocycles. The summed E-state index contributed by atoms with van der Waals surface area (Å²) in [6.45, 7) is 3.77. The SMILES string of the molecule is CC(C)C[C@H](NC(=O)c1cc(Cl)sc1Cl)C(=O)O. The molecule has 0 aliphatic carbocycles. The Morgan fingerprint density at radius 1 is 1.44 bits per heavy atom. The predicted octanol–water partition coefficient (Wildman–Crippen LogP) is 3.28. The average Bonchev–Trinajstić information content (AvgIpc) is 2.56. The highest BCUT2D eigenvalue weighted by Gasteiger charge is 2.23. The van der Waals surface area contributed by atoms with Gasteiger partial charge in [0.1, 0.15) is 10.4 Å². The van der Waals surface area contributed by atoms with Crippen LogP contribution in [0.1, 0.15) is 30.6 Å². The summed E-state index contributed by atoms with van der Waals surface area (Å²) in [5.74, 6) is -1.42. The number of nitrogens with one attached hydrogen (secondary N) is 1. The number of amides is 1. The third-order valence-corrected chi connectivity index (χ3v) is 3.70. The Hall–Kier alpha value is -0.780. The first-order valence-electron chi connectivity index (χ1n) is 5.29. The fourth-order valence-electron chi connectivity index (χ4n) is 1.42. The van der Waals surface area contributed by atoms with Crippen molar-refractivity contribution < 1.29 is 14.7 Å². The van der Waals surface area contributed by atoms with E-state index in [1.54, 1.807) is 0 Å². The first-order valence-corrected chi connectivity index (χ1v) is 6.87. The van der Waals surface area contributed by atoms with E-state index in [2.05, 4.69) is 5.32 Å². The maximum Gasteiger partial charge on any atom is 0.326 e. The van der Waals surface area contributed by atoms with Gasteiger partial charge in [0.15, 0.2) is 0 Å². The molecule has 0 aliphatic heterocycles. The second-order valence-electron chi connectivity index (χ2n) is 4.23. The molecule has 0 aromatic carbocycles. The third-order valence-electron chi connectivity index (χ3n) is 2.21. The van der Waals surface area contributed by atoms with E-state index in [9.17, 15) is 9.59 Å². The molecule has 1 aromatic heterocycles. The number of hydrogen-bond donors (Lipinski definition) is 2. The molecule has 0 aliphatic rings. The first-order chi connectivity index (χ1) is 8.31. The molecule has 1 rings (SSSR count). The highest BCUT2D eigenvalue weighted by molar-refractivity contribution is 7.20. The number of carbonyl (C=O) groups excluding carboxylic acids is 1. The van der Waals surface area contributed by atoms with E-state index in [4.69, 9.17) is 28.3 Å². The number of rotatable bonds is 5. The van der Waals surface area contributed by atoms with Gasteiger partial charge in [-0.1, -0.05) is 37.0 Å². The van der Waals surface area contributed by atoms with Gasteiger partial charge in [-0.25, -0.2) is 4.79 Å². The number of thiophene rings is 1. The highest BCUT2D eigenvalue weighted by Crippen LogP contribution is 2.31. The zero-order valence-corrected chi connectivity index (χ0v) is 12.2. The van der Waals surface area contributed by atoms with Crippen molar-refractivity contribution in [3.63, 3.8) is 0 Å². The molecule has 4 nitrogen and oxygen atoms in total. The fourth-order valence-corrected chi connectivity index (χ4v) is 2.88. The van der Waals surface area contributed by atoms with Crippen molar-refractivity contribution in [3.8, 4) is 0 Å². The number of halogens is 2. The van der Waals surface area contributed by atoms with Crippen molar-refractivity contribution in [3.05, 3.63) is 20.3 Å². The minimum atomic E-state index is -1.06. The number of carboxylic acids is 1. The van der Waals surface area contributed by atoms with Crippen LogP contribution in [0.4, 0.5) is 0 Å². The third kappa shape index (κ3) is 4.15. The number of hydrogen-bond acceptors (Lipinski definition) is 3. The Bertz CT molecular complexity index is 459. The van der Waals surface area contributed by atoms with Gasteiger partial charge in [-0.15, -0.1) is 11.3 Å². The summed E-state index contributed by atoms with van der Waals surface area (Å²) >= 11 is 12.6. The molecule has 0 radical (unpaired) electrons.